The van der Waals surface area contributed by atoms with E-state index in [1.54, 1.807) is 14.0 Å². The topological polar surface area (TPSA) is 101 Å². The maximum atomic E-state index is 12.8. The van der Waals surface area contributed by atoms with Crippen LogP contribution in [0.3, 0.4) is 0 Å². The molecule has 2 heterocycles. The number of aliphatic hydroxyl groups excluding tert-OH is 1. The number of nitrogen functional groups attached to an aromatic ring is 1. The molecule has 0 bridgehead atoms. The number of aromatic nitrogens is 2. The van der Waals surface area contributed by atoms with Gasteiger partial charge in [-0.15, -0.1) is 0 Å². The van der Waals surface area contributed by atoms with Crippen molar-refractivity contribution in [1.29, 1.82) is 0 Å². The molecule has 0 radical (unpaired) electrons. The highest BCUT2D eigenvalue weighted by Crippen LogP contribution is 2.31. The summed E-state index contributed by atoms with van der Waals surface area (Å²) >= 11 is 0. The van der Waals surface area contributed by atoms with Crippen molar-refractivity contribution in [1.82, 2.24) is 14.1 Å². The van der Waals surface area contributed by atoms with Gasteiger partial charge in [-0.25, -0.2) is 8.42 Å². The molecule has 0 aliphatic carbocycles. The summed E-state index contributed by atoms with van der Waals surface area (Å²) < 4.78 is 28.6. The molecule has 20 heavy (non-hydrogen) atoms. The fraction of sp³-hybridized carbons (Fsp3) is 0.750. The van der Waals surface area contributed by atoms with Crippen LogP contribution in [0.4, 0.5) is 5.82 Å². The standard InChI is InChI=1S/C12H22N4O3S/c1-9-11(12(13)14-15(9)2)20(18,19)16-7-4-3-5-10(16)6-8-17/h10,17H,3-8H2,1-2H3,(H2,13,14). The SMILES string of the molecule is Cc1c(S(=O)(=O)N2CCCCC2CCO)c(N)nn1C. The van der Waals surface area contributed by atoms with Gasteiger partial charge in [0.2, 0.25) is 10.0 Å². The van der Waals surface area contributed by atoms with Crippen LogP contribution in [-0.4, -0.2) is 46.8 Å². The summed E-state index contributed by atoms with van der Waals surface area (Å²) in [6.07, 6.45) is 3.05. The molecule has 3 N–H and O–H groups in total. The maximum absolute atomic E-state index is 12.8. The van der Waals surface area contributed by atoms with Gasteiger partial charge >= 0.3 is 0 Å². The number of piperidine rings is 1. The minimum absolute atomic E-state index is 0.0157. The van der Waals surface area contributed by atoms with Crippen molar-refractivity contribution in [3.63, 3.8) is 0 Å². The third kappa shape index (κ3) is 2.55. The van der Waals surface area contributed by atoms with E-state index in [-0.39, 0.29) is 23.4 Å². The Balaban J connectivity index is 2.42. The van der Waals surface area contributed by atoms with Crippen LogP contribution in [0.25, 0.3) is 0 Å². The molecular weight excluding hydrogens is 280 g/mol. The Labute approximate surface area is 119 Å². The van der Waals surface area contributed by atoms with Crippen molar-refractivity contribution in [3.05, 3.63) is 5.69 Å². The van der Waals surface area contributed by atoms with Crippen molar-refractivity contribution < 1.29 is 13.5 Å². The zero-order valence-electron chi connectivity index (χ0n) is 11.9. The predicted octanol–water partition coefficient (Wildman–Crippen LogP) is 0.236. The fourth-order valence-corrected chi connectivity index (χ4v) is 4.80. The number of hydrogen-bond acceptors (Lipinski definition) is 5. The molecule has 1 saturated heterocycles. The molecule has 114 valence electrons. The van der Waals surface area contributed by atoms with Crippen molar-refractivity contribution in [2.45, 2.75) is 43.5 Å². The van der Waals surface area contributed by atoms with Crippen LogP contribution in [0, 0.1) is 6.92 Å². The first-order valence-electron chi connectivity index (χ1n) is 6.81. The van der Waals surface area contributed by atoms with Crippen LogP contribution in [-0.2, 0) is 17.1 Å². The van der Waals surface area contributed by atoms with E-state index in [9.17, 15) is 8.42 Å². The molecule has 8 heteroatoms. The highest BCUT2D eigenvalue weighted by atomic mass is 32.2. The lowest BCUT2D eigenvalue weighted by molar-refractivity contribution is 0.192. The third-order valence-corrected chi connectivity index (χ3v) is 6.03. The monoisotopic (exact) mass is 302 g/mol. The van der Waals surface area contributed by atoms with Crippen molar-refractivity contribution in [3.8, 4) is 0 Å². The summed E-state index contributed by atoms with van der Waals surface area (Å²) in [6, 6.07) is -0.155. The quantitative estimate of drug-likeness (QED) is 0.829. The zero-order valence-corrected chi connectivity index (χ0v) is 12.7. The second-order valence-electron chi connectivity index (χ2n) is 5.20. The second kappa shape index (κ2) is 5.71. The number of aliphatic hydroxyl groups is 1. The molecule has 1 aliphatic rings. The lowest BCUT2D eigenvalue weighted by Gasteiger charge is -2.34. The molecule has 1 unspecified atom stereocenters. The Morgan fingerprint density at radius 2 is 2.15 bits per heavy atom. The van der Waals surface area contributed by atoms with Crippen LogP contribution in [0.5, 0.6) is 0 Å². The van der Waals surface area contributed by atoms with Crippen LogP contribution < -0.4 is 5.73 Å². The third-order valence-electron chi connectivity index (χ3n) is 3.91. The summed E-state index contributed by atoms with van der Waals surface area (Å²) in [4.78, 5) is 0.102. The van der Waals surface area contributed by atoms with Gasteiger partial charge < -0.3 is 10.8 Å². The highest BCUT2D eigenvalue weighted by Gasteiger charge is 2.36. The minimum Gasteiger partial charge on any atom is -0.396 e. The average Bonchev–Trinajstić information content (AvgIpc) is 2.64. The fourth-order valence-electron chi connectivity index (χ4n) is 2.78. The lowest BCUT2D eigenvalue weighted by atomic mass is 10.0. The van der Waals surface area contributed by atoms with E-state index in [4.69, 9.17) is 10.8 Å². The van der Waals surface area contributed by atoms with E-state index in [1.807, 2.05) is 0 Å². The van der Waals surface area contributed by atoms with E-state index in [0.29, 0.717) is 18.7 Å². The van der Waals surface area contributed by atoms with Crippen LogP contribution >= 0.6 is 0 Å². The second-order valence-corrected chi connectivity index (χ2v) is 7.03. The van der Waals surface area contributed by atoms with Crippen LogP contribution in [0.2, 0.25) is 0 Å². The molecule has 1 aromatic heterocycles. The number of nitrogens with zero attached hydrogens (tertiary/aromatic N) is 3. The van der Waals surface area contributed by atoms with E-state index in [2.05, 4.69) is 5.10 Å². The van der Waals surface area contributed by atoms with Crippen molar-refractivity contribution in [2.24, 2.45) is 7.05 Å². The molecule has 2 rings (SSSR count). The number of sulfonamides is 1. The van der Waals surface area contributed by atoms with Gasteiger partial charge in [-0.1, -0.05) is 6.42 Å². The van der Waals surface area contributed by atoms with Gasteiger partial charge in [0.1, 0.15) is 4.90 Å². The van der Waals surface area contributed by atoms with Crippen molar-refractivity contribution in [2.75, 3.05) is 18.9 Å². The largest absolute Gasteiger partial charge is 0.396 e. The van der Waals surface area contributed by atoms with Gasteiger partial charge in [-0.05, 0) is 26.2 Å². The zero-order chi connectivity index (χ0) is 14.9. The molecule has 1 atom stereocenters. The summed E-state index contributed by atoms with van der Waals surface area (Å²) in [6.45, 7) is 2.15. The number of rotatable bonds is 4. The summed E-state index contributed by atoms with van der Waals surface area (Å²) in [5, 5.41) is 13.1. The number of aryl methyl sites for hydroxylation is 1. The van der Waals surface area contributed by atoms with E-state index < -0.39 is 10.0 Å². The van der Waals surface area contributed by atoms with Gasteiger partial charge in [0.15, 0.2) is 5.82 Å². The molecule has 0 aromatic carbocycles. The summed E-state index contributed by atoms with van der Waals surface area (Å²) in [7, 11) is -1.99. The Morgan fingerprint density at radius 3 is 2.70 bits per heavy atom. The molecule has 1 fully saturated rings. The van der Waals surface area contributed by atoms with Gasteiger partial charge in [0.05, 0.1) is 5.69 Å². The lowest BCUT2D eigenvalue weighted by Crippen LogP contribution is -2.44. The first kappa shape index (κ1) is 15.3. The Morgan fingerprint density at radius 1 is 1.45 bits per heavy atom. The minimum atomic E-state index is -3.66. The van der Waals surface area contributed by atoms with Gasteiger partial charge in [0, 0.05) is 26.2 Å². The smallest absolute Gasteiger partial charge is 0.248 e. The number of nitrogens with two attached hydrogens (primary N) is 1. The van der Waals surface area contributed by atoms with Gasteiger partial charge in [-0.2, -0.15) is 9.40 Å². The first-order chi connectivity index (χ1) is 9.39. The first-order valence-corrected chi connectivity index (χ1v) is 8.25. The van der Waals surface area contributed by atoms with E-state index >= 15 is 0 Å². The normalized spacial score (nSPS) is 21.2. The maximum Gasteiger partial charge on any atom is 0.248 e. The van der Waals surface area contributed by atoms with Gasteiger partial charge in [0.25, 0.3) is 0 Å². The van der Waals surface area contributed by atoms with E-state index in [0.717, 1.165) is 19.3 Å². The molecular formula is C12H22N4O3S. The van der Waals surface area contributed by atoms with E-state index in [1.165, 1.54) is 8.99 Å². The summed E-state index contributed by atoms with van der Waals surface area (Å²) in [5.74, 6) is 0.0401. The molecule has 0 amide bonds. The predicted molar refractivity (Wildman–Crippen MR) is 75.6 cm³/mol. The molecule has 1 aromatic rings. The average molecular weight is 302 g/mol. The van der Waals surface area contributed by atoms with Gasteiger partial charge in [-0.3, -0.25) is 4.68 Å². The number of anilines is 1. The molecule has 1 aliphatic heterocycles. The Bertz CT molecular complexity index is 580. The Hall–Kier alpha value is -1.12. The summed E-state index contributed by atoms with van der Waals surface area (Å²) in [5.41, 5.74) is 6.31. The Kier molecular flexibility index (Phi) is 4.36. The van der Waals surface area contributed by atoms with Crippen LogP contribution in [0.15, 0.2) is 4.90 Å². The molecule has 0 saturated carbocycles. The van der Waals surface area contributed by atoms with Crippen LogP contribution in [0.1, 0.15) is 31.4 Å². The molecule has 7 nitrogen and oxygen atoms in total. The highest BCUT2D eigenvalue weighted by molar-refractivity contribution is 7.89. The van der Waals surface area contributed by atoms with Crippen molar-refractivity contribution >= 4 is 15.8 Å². The molecule has 0 spiro atoms. The number of hydrogen-bond donors (Lipinski definition) is 2.